The SMILES string of the molecule is O=C(NCCc1ccc(Cl)cc1)C1CCc2nc3ccccn3c2C1. The average molecular weight is 354 g/mol. The van der Waals surface area contributed by atoms with Crippen LogP contribution in [0.15, 0.2) is 48.7 Å². The predicted molar refractivity (Wildman–Crippen MR) is 98.9 cm³/mol. The highest BCUT2D eigenvalue weighted by atomic mass is 35.5. The summed E-state index contributed by atoms with van der Waals surface area (Å²) in [4.78, 5) is 17.2. The number of aromatic nitrogens is 2. The van der Waals surface area contributed by atoms with Gasteiger partial charge in [0, 0.05) is 35.8 Å². The lowest BCUT2D eigenvalue weighted by atomic mass is 9.89. The van der Waals surface area contributed by atoms with Crippen LogP contribution in [0.1, 0.15) is 23.4 Å². The minimum Gasteiger partial charge on any atom is -0.356 e. The number of nitrogens with one attached hydrogen (secondary N) is 1. The molecule has 5 heteroatoms. The van der Waals surface area contributed by atoms with Gasteiger partial charge in [0.05, 0.1) is 5.69 Å². The molecule has 0 spiro atoms. The molecule has 4 rings (SSSR count). The van der Waals surface area contributed by atoms with Gasteiger partial charge >= 0.3 is 0 Å². The van der Waals surface area contributed by atoms with Crippen LogP contribution in [0.25, 0.3) is 5.65 Å². The lowest BCUT2D eigenvalue weighted by molar-refractivity contribution is -0.125. The third-order valence-electron chi connectivity index (χ3n) is 4.88. The van der Waals surface area contributed by atoms with Crippen LogP contribution in [0.5, 0.6) is 0 Å². The van der Waals surface area contributed by atoms with E-state index in [1.807, 2.05) is 48.7 Å². The first-order chi connectivity index (χ1) is 12.2. The van der Waals surface area contributed by atoms with Gasteiger partial charge in [-0.2, -0.15) is 0 Å². The summed E-state index contributed by atoms with van der Waals surface area (Å²) >= 11 is 5.89. The van der Waals surface area contributed by atoms with Crippen molar-refractivity contribution in [2.75, 3.05) is 6.54 Å². The van der Waals surface area contributed by atoms with Gasteiger partial charge in [-0.1, -0.05) is 29.8 Å². The van der Waals surface area contributed by atoms with Crippen molar-refractivity contribution < 1.29 is 4.79 Å². The van der Waals surface area contributed by atoms with Gasteiger partial charge in [-0.05, 0) is 49.1 Å². The molecule has 2 aromatic heterocycles. The first kappa shape index (κ1) is 16.2. The topological polar surface area (TPSA) is 46.4 Å². The summed E-state index contributed by atoms with van der Waals surface area (Å²) in [6, 6.07) is 13.8. The number of carbonyl (C=O) groups excluding carboxylic acids is 1. The van der Waals surface area contributed by atoms with Crippen LogP contribution >= 0.6 is 11.6 Å². The van der Waals surface area contributed by atoms with Crippen molar-refractivity contribution in [1.29, 1.82) is 0 Å². The van der Waals surface area contributed by atoms with Gasteiger partial charge in [0.15, 0.2) is 0 Å². The zero-order valence-electron chi connectivity index (χ0n) is 13.9. The molecule has 1 unspecified atom stereocenters. The Hall–Kier alpha value is -2.33. The lowest BCUT2D eigenvalue weighted by Crippen LogP contribution is -2.35. The molecule has 3 aromatic rings. The second kappa shape index (κ2) is 6.89. The average Bonchev–Trinajstić information content (AvgIpc) is 3.01. The molecule has 2 heterocycles. The molecular formula is C20H20ClN3O. The fraction of sp³-hybridized carbons (Fsp3) is 0.300. The van der Waals surface area contributed by atoms with Crippen LogP contribution in [0, 0.1) is 5.92 Å². The molecule has 1 atom stereocenters. The Morgan fingerprint density at radius 1 is 1.24 bits per heavy atom. The molecule has 1 aromatic carbocycles. The molecule has 1 N–H and O–H groups in total. The minimum atomic E-state index is 0.0258. The molecule has 0 fully saturated rings. The zero-order valence-corrected chi connectivity index (χ0v) is 14.7. The summed E-state index contributed by atoms with van der Waals surface area (Å²) in [5.41, 5.74) is 4.46. The highest BCUT2D eigenvalue weighted by Crippen LogP contribution is 2.26. The van der Waals surface area contributed by atoms with E-state index in [4.69, 9.17) is 11.6 Å². The van der Waals surface area contributed by atoms with E-state index in [1.54, 1.807) is 0 Å². The van der Waals surface area contributed by atoms with Crippen LogP contribution < -0.4 is 5.32 Å². The Balaban J connectivity index is 1.37. The minimum absolute atomic E-state index is 0.0258. The number of amides is 1. The summed E-state index contributed by atoms with van der Waals surface area (Å²) < 4.78 is 2.11. The monoisotopic (exact) mass is 353 g/mol. The molecule has 0 saturated heterocycles. The van der Waals surface area contributed by atoms with E-state index in [0.29, 0.717) is 6.54 Å². The molecule has 0 radical (unpaired) electrons. The summed E-state index contributed by atoms with van der Waals surface area (Å²) in [7, 11) is 0. The van der Waals surface area contributed by atoms with Crippen LogP contribution in [0.2, 0.25) is 5.02 Å². The largest absolute Gasteiger partial charge is 0.356 e. The maximum absolute atomic E-state index is 12.5. The van der Waals surface area contributed by atoms with E-state index in [0.717, 1.165) is 42.0 Å². The Morgan fingerprint density at radius 3 is 2.92 bits per heavy atom. The number of hydrogen-bond donors (Lipinski definition) is 1. The van der Waals surface area contributed by atoms with Gasteiger partial charge in [0.2, 0.25) is 5.91 Å². The van der Waals surface area contributed by atoms with Crippen molar-refractivity contribution in [3.05, 3.63) is 70.6 Å². The number of imidazole rings is 1. The van der Waals surface area contributed by atoms with Crippen molar-refractivity contribution in [2.45, 2.75) is 25.7 Å². The Labute approximate surface area is 151 Å². The van der Waals surface area contributed by atoms with Crippen molar-refractivity contribution in [3.63, 3.8) is 0 Å². The van der Waals surface area contributed by atoms with Gasteiger partial charge in [-0.3, -0.25) is 4.79 Å². The maximum Gasteiger partial charge on any atom is 0.223 e. The van der Waals surface area contributed by atoms with Gasteiger partial charge in [-0.15, -0.1) is 0 Å². The molecule has 128 valence electrons. The van der Waals surface area contributed by atoms with E-state index >= 15 is 0 Å². The highest BCUT2D eigenvalue weighted by molar-refractivity contribution is 6.30. The first-order valence-corrected chi connectivity index (χ1v) is 9.05. The molecule has 4 nitrogen and oxygen atoms in total. The molecule has 1 aliphatic rings. The highest BCUT2D eigenvalue weighted by Gasteiger charge is 2.27. The van der Waals surface area contributed by atoms with Gasteiger partial charge in [-0.25, -0.2) is 4.98 Å². The maximum atomic E-state index is 12.5. The molecule has 0 bridgehead atoms. The molecule has 0 aliphatic heterocycles. The lowest BCUT2D eigenvalue weighted by Gasteiger charge is -2.21. The van der Waals surface area contributed by atoms with Gasteiger partial charge in [0.25, 0.3) is 0 Å². The van der Waals surface area contributed by atoms with Crippen LogP contribution in [-0.2, 0) is 24.1 Å². The summed E-state index contributed by atoms with van der Waals surface area (Å²) in [5, 5.41) is 3.82. The van der Waals surface area contributed by atoms with Crippen LogP contribution in [-0.4, -0.2) is 21.8 Å². The quantitative estimate of drug-likeness (QED) is 0.780. The van der Waals surface area contributed by atoms with Gasteiger partial charge in [0.1, 0.15) is 5.65 Å². The second-order valence-corrected chi connectivity index (χ2v) is 6.98. The summed E-state index contributed by atoms with van der Waals surface area (Å²) in [6.07, 6.45) is 5.34. The fourth-order valence-electron chi connectivity index (χ4n) is 3.51. The van der Waals surface area contributed by atoms with E-state index in [2.05, 4.69) is 14.7 Å². The van der Waals surface area contributed by atoms with Crippen molar-refractivity contribution in [3.8, 4) is 0 Å². The molecular weight excluding hydrogens is 334 g/mol. The third-order valence-corrected chi connectivity index (χ3v) is 5.13. The normalized spacial score (nSPS) is 16.6. The van der Waals surface area contributed by atoms with Crippen molar-refractivity contribution in [2.24, 2.45) is 5.92 Å². The number of carbonyl (C=O) groups is 1. The zero-order chi connectivity index (χ0) is 17.2. The smallest absolute Gasteiger partial charge is 0.223 e. The number of hydrogen-bond acceptors (Lipinski definition) is 2. The van der Waals surface area contributed by atoms with Crippen LogP contribution in [0.4, 0.5) is 0 Å². The standard InChI is InChI=1S/C20H20ClN3O/c21-16-7-4-14(5-8-16)10-11-22-20(25)15-6-9-17-18(13-15)24-12-2-1-3-19(24)23-17/h1-5,7-8,12,15H,6,9-11,13H2,(H,22,25). The molecule has 1 amide bonds. The van der Waals surface area contributed by atoms with Gasteiger partial charge < -0.3 is 9.72 Å². The van der Waals surface area contributed by atoms with E-state index < -0.39 is 0 Å². The summed E-state index contributed by atoms with van der Waals surface area (Å²) in [5.74, 6) is 0.170. The number of rotatable bonds is 4. The number of benzene rings is 1. The number of nitrogens with zero attached hydrogens (tertiary/aromatic N) is 2. The molecule has 25 heavy (non-hydrogen) atoms. The van der Waals surface area contributed by atoms with E-state index in [-0.39, 0.29) is 11.8 Å². The van der Waals surface area contributed by atoms with Crippen molar-refractivity contribution in [1.82, 2.24) is 14.7 Å². The molecule has 1 aliphatic carbocycles. The summed E-state index contributed by atoms with van der Waals surface area (Å²) in [6.45, 7) is 0.650. The number of halogens is 1. The Morgan fingerprint density at radius 2 is 2.08 bits per heavy atom. The predicted octanol–water partition coefficient (Wildman–Crippen LogP) is 3.45. The molecule has 0 saturated carbocycles. The third kappa shape index (κ3) is 3.40. The van der Waals surface area contributed by atoms with E-state index in [1.165, 1.54) is 11.3 Å². The van der Waals surface area contributed by atoms with E-state index in [9.17, 15) is 4.79 Å². The first-order valence-electron chi connectivity index (χ1n) is 8.68. The number of fused-ring (bicyclic) bond motifs is 3. The number of aryl methyl sites for hydroxylation is 1. The van der Waals surface area contributed by atoms with Crippen molar-refractivity contribution >= 4 is 23.2 Å². The van der Waals surface area contributed by atoms with Crippen LogP contribution in [0.3, 0.4) is 0 Å². The number of pyridine rings is 1. The fourth-order valence-corrected chi connectivity index (χ4v) is 3.63. The Kier molecular flexibility index (Phi) is 4.45. The Bertz CT molecular complexity index is 901. The second-order valence-electron chi connectivity index (χ2n) is 6.54.